The number of rotatable bonds is 5. The van der Waals surface area contributed by atoms with Gasteiger partial charge in [-0.3, -0.25) is 19.3 Å². The minimum atomic E-state index is -0.324. The highest BCUT2D eigenvalue weighted by atomic mass is 16.3. The van der Waals surface area contributed by atoms with E-state index >= 15 is 0 Å². The zero-order chi connectivity index (χ0) is 22.1. The van der Waals surface area contributed by atoms with Gasteiger partial charge in [0, 0.05) is 25.7 Å². The number of anilines is 1. The maximum atomic E-state index is 13.5. The Kier molecular flexibility index (Phi) is 5.67. The summed E-state index contributed by atoms with van der Waals surface area (Å²) in [6.07, 6.45) is 2.63. The number of nitrogens with one attached hydrogen (secondary N) is 1. The van der Waals surface area contributed by atoms with Crippen molar-refractivity contribution in [1.82, 2.24) is 9.80 Å². The summed E-state index contributed by atoms with van der Waals surface area (Å²) in [5.41, 5.74) is 2.17. The van der Waals surface area contributed by atoms with Gasteiger partial charge in [0.1, 0.15) is 11.5 Å². The van der Waals surface area contributed by atoms with Gasteiger partial charge in [-0.25, -0.2) is 0 Å². The number of amides is 3. The second-order valence-corrected chi connectivity index (χ2v) is 8.61. The Morgan fingerprint density at radius 2 is 1.74 bits per heavy atom. The van der Waals surface area contributed by atoms with Crippen LogP contribution in [-0.4, -0.2) is 40.6 Å². The molecule has 0 bridgehead atoms. The molecule has 2 atom stereocenters. The van der Waals surface area contributed by atoms with Crippen LogP contribution >= 0.6 is 0 Å². The molecular formula is C24H27N3O4. The van der Waals surface area contributed by atoms with Crippen molar-refractivity contribution in [1.29, 1.82) is 0 Å². The highest BCUT2D eigenvalue weighted by molar-refractivity contribution is 6.35. The fourth-order valence-corrected chi connectivity index (χ4v) is 4.59. The van der Waals surface area contributed by atoms with E-state index < -0.39 is 0 Å². The first-order valence-electron chi connectivity index (χ1n) is 10.6. The van der Waals surface area contributed by atoms with Crippen molar-refractivity contribution >= 4 is 29.0 Å². The normalized spacial score (nSPS) is 21.8. The van der Waals surface area contributed by atoms with Crippen molar-refractivity contribution in [2.24, 2.45) is 11.8 Å². The minimum absolute atomic E-state index is 0.0978. The Balaban J connectivity index is 1.73. The third-order valence-electron chi connectivity index (χ3n) is 5.72. The number of furan rings is 1. The molecule has 2 aromatic rings. The van der Waals surface area contributed by atoms with Gasteiger partial charge in [0.05, 0.1) is 18.4 Å². The molecule has 1 fully saturated rings. The average Bonchev–Trinajstić information content (AvgIpc) is 3.30. The highest BCUT2D eigenvalue weighted by Gasteiger charge is 2.43. The fourth-order valence-electron chi connectivity index (χ4n) is 4.59. The quantitative estimate of drug-likeness (QED) is 0.747. The van der Waals surface area contributed by atoms with E-state index in [-0.39, 0.29) is 24.3 Å². The number of hydrogen-bond acceptors (Lipinski definition) is 5. The summed E-state index contributed by atoms with van der Waals surface area (Å²) >= 11 is 0. The lowest BCUT2D eigenvalue weighted by atomic mass is 9.91. The molecule has 162 valence electrons. The number of nitrogens with zero attached hydrogens (tertiary/aromatic N) is 2. The van der Waals surface area contributed by atoms with E-state index in [0.717, 1.165) is 19.5 Å². The molecule has 2 aliphatic heterocycles. The maximum Gasteiger partial charge on any atom is 0.278 e. The molecule has 7 nitrogen and oxygen atoms in total. The molecule has 1 N–H and O–H groups in total. The van der Waals surface area contributed by atoms with Crippen LogP contribution in [0.25, 0.3) is 5.57 Å². The largest absolute Gasteiger partial charge is 0.467 e. The Bertz CT molecular complexity index is 1010. The third kappa shape index (κ3) is 4.26. The van der Waals surface area contributed by atoms with Gasteiger partial charge in [0.15, 0.2) is 0 Å². The van der Waals surface area contributed by atoms with Gasteiger partial charge in [-0.05, 0) is 48.1 Å². The number of hydrogen-bond donors (Lipinski definition) is 1. The molecule has 0 saturated carbocycles. The Hall–Kier alpha value is -3.35. The van der Waals surface area contributed by atoms with E-state index in [1.165, 1.54) is 18.1 Å². The molecule has 1 aromatic carbocycles. The molecule has 0 radical (unpaired) electrons. The first kappa shape index (κ1) is 20.9. The van der Waals surface area contributed by atoms with Gasteiger partial charge in [-0.2, -0.15) is 0 Å². The van der Waals surface area contributed by atoms with E-state index in [1.807, 2.05) is 0 Å². The predicted octanol–water partition coefficient (Wildman–Crippen LogP) is 3.50. The van der Waals surface area contributed by atoms with Crippen LogP contribution in [0.15, 0.2) is 52.8 Å². The van der Waals surface area contributed by atoms with E-state index in [9.17, 15) is 14.4 Å². The van der Waals surface area contributed by atoms with E-state index in [2.05, 4.69) is 24.1 Å². The molecule has 4 rings (SSSR count). The zero-order valence-corrected chi connectivity index (χ0v) is 18.1. The summed E-state index contributed by atoms with van der Waals surface area (Å²) in [6.45, 7) is 7.36. The van der Waals surface area contributed by atoms with Gasteiger partial charge in [0.25, 0.3) is 11.8 Å². The summed E-state index contributed by atoms with van der Waals surface area (Å²) in [6, 6.07) is 10.5. The van der Waals surface area contributed by atoms with Crippen LogP contribution in [0.3, 0.4) is 0 Å². The highest BCUT2D eigenvalue weighted by Crippen LogP contribution is 2.36. The molecule has 0 aliphatic carbocycles. The summed E-state index contributed by atoms with van der Waals surface area (Å²) in [4.78, 5) is 41.5. The number of carbonyl (C=O) groups excluding carboxylic acids is 3. The van der Waals surface area contributed by atoms with Gasteiger partial charge < -0.3 is 14.6 Å². The monoisotopic (exact) mass is 421 g/mol. The molecule has 3 amide bonds. The number of benzene rings is 1. The molecule has 0 spiro atoms. The van der Waals surface area contributed by atoms with Crippen molar-refractivity contribution < 1.29 is 18.8 Å². The molecule has 2 aliphatic rings. The molecule has 2 unspecified atom stereocenters. The van der Waals surface area contributed by atoms with Crippen LogP contribution in [0.5, 0.6) is 0 Å². The first-order chi connectivity index (χ1) is 14.8. The zero-order valence-electron chi connectivity index (χ0n) is 18.1. The number of carbonyl (C=O) groups is 3. The van der Waals surface area contributed by atoms with Crippen molar-refractivity contribution in [3.63, 3.8) is 0 Å². The van der Waals surface area contributed by atoms with Crippen LogP contribution < -0.4 is 5.32 Å². The van der Waals surface area contributed by atoms with Crippen molar-refractivity contribution in [3.05, 3.63) is 59.7 Å². The number of piperidine rings is 1. The Labute approximate surface area is 181 Å². The molecule has 7 heteroatoms. The van der Waals surface area contributed by atoms with E-state index in [0.29, 0.717) is 40.1 Å². The average molecular weight is 421 g/mol. The lowest BCUT2D eigenvalue weighted by Gasteiger charge is -2.37. The number of likely N-dealkylation sites (tertiary alicyclic amines) is 1. The van der Waals surface area contributed by atoms with Gasteiger partial charge in [-0.15, -0.1) is 0 Å². The maximum absolute atomic E-state index is 13.5. The Morgan fingerprint density at radius 3 is 2.32 bits per heavy atom. The lowest BCUT2D eigenvalue weighted by Crippen LogP contribution is -2.41. The van der Waals surface area contributed by atoms with Crippen LogP contribution in [0.2, 0.25) is 0 Å². The van der Waals surface area contributed by atoms with E-state index in [4.69, 9.17) is 4.42 Å². The number of imide groups is 1. The van der Waals surface area contributed by atoms with Crippen LogP contribution in [-0.2, 0) is 20.9 Å². The third-order valence-corrected chi connectivity index (χ3v) is 5.72. The van der Waals surface area contributed by atoms with Crippen LogP contribution in [0.4, 0.5) is 5.69 Å². The van der Waals surface area contributed by atoms with Crippen LogP contribution in [0, 0.1) is 11.8 Å². The topological polar surface area (TPSA) is 82.9 Å². The summed E-state index contributed by atoms with van der Waals surface area (Å²) in [5, 5.41) is 2.73. The molecular weight excluding hydrogens is 394 g/mol. The van der Waals surface area contributed by atoms with Crippen molar-refractivity contribution in [2.75, 3.05) is 18.4 Å². The first-order valence-corrected chi connectivity index (χ1v) is 10.6. The standard InChI is InChI=1S/C24H27N3O4/c1-15-11-16(2)13-26(12-15)22-21(18-6-8-19(9-7-18)25-17(3)28)23(29)27(24(22)30)14-20-5-4-10-31-20/h4-10,15-16H,11-14H2,1-3H3,(H,25,28). The second-order valence-electron chi connectivity index (χ2n) is 8.61. The smallest absolute Gasteiger partial charge is 0.278 e. The Morgan fingerprint density at radius 1 is 1.06 bits per heavy atom. The fraction of sp³-hybridized carbons (Fsp3) is 0.375. The van der Waals surface area contributed by atoms with Gasteiger partial charge in [-0.1, -0.05) is 26.0 Å². The summed E-state index contributed by atoms with van der Waals surface area (Å²) in [7, 11) is 0. The lowest BCUT2D eigenvalue weighted by molar-refractivity contribution is -0.138. The van der Waals surface area contributed by atoms with Crippen LogP contribution in [0.1, 0.15) is 38.5 Å². The van der Waals surface area contributed by atoms with Crippen molar-refractivity contribution in [3.8, 4) is 0 Å². The second kappa shape index (κ2) is 8.41. The summed E-state index contributed by atoms with van der Waals surface area (Å²) in [5.74, 6) is 0.644. The SMILES string of the molecule is CC(=O)Nc1ccc(C2=C(N3CC(C)CC(C)C3)C(=O)N(Cc3ccco3)C2=O)cc1. The van der Waals surface area contributed by atoms with Gasteiger partial charge >= 0.3 is 0 Å². The molecule has 31 heavy (non-hydrogen) atoms. The van der Waals surface area contributed by atoms with Crippen molar-refractivity contribution in [2.45, 2.75) is 33.7 Å². The minimum Gasteiger partial charge on any atom is -0.467 e. The molecule has 3 heterocycles. The van der Waals surface area contributed by atoms with Gasteiger partial charge in [0.2, 0.25) is 5.91 Å². The molecule has 1 saturated heterocycles. The summed E-state index contributed by atoms with van der Waals surface area (Å²) < 4.78 is 5.38. The predicted molar refractivity (Wildman–Crippen MR) is 116 cm³/mol. The molecule has 1 aromatic heterocycles. The van der Waals surface area contributed by atoms with E-state index in [1.54, 1.807) is 36.4 Å².